The lowest BCUT2D eigenvalue weighted by molar-refractivity contribution is -0.151. The monoisotopic (exact) mass is 546 g/mol. The van der Waals surface area contributed by atoms with E-state index in [1.807, 2.05) is 30.3 Å². The zero-order valence-electron chi connectivity index (χ0n) is 21.8. The summed E-state index contributed by atoms with van der Waals surface area (Å²) in [6.07, 6.45) is 0.740. The fourth-order valence-electron chi connectivity index (χ4n) is 3.87. The fraction of sp³-hybridized carbons (Fsp3) is 0.194. The second kappa shape index (κ2) is 13.8. The van der Waals surface area contributed by atoms with Crippen LogP contribution in [-0.4, -0.2) is 42.7 Å². The maximum Gasteiger partial charge on any atom is 0.347 e. The van der Waals surface area contributed by atoms with E-state index < -0.39 is 23.7 Å². The van der Waals surface area contributed by atoms with Crippen LogP contribution in [0.1, 0.15) is 22.8 Å². The molecule has 1 aromatic heterocycles. The Labute approximate surface area is 230 Å². The predicted octanol–water partition coefficient (Wildman–Crippen LogP) is 5.39. The van der Waals surface area contributed by atoms with Crippen molar-refractivity contribution in [3.63, 3.8) is 0 Å². The number of esters is 1. The Hall–Kier alpha value is -4.79. The summed E-state index contributed by atoms with van der Waals surface area (Å²) < 4.78 is 43.4. The van der Waals surface area contributed by atoms with Gasteiger partial charge in [0, 0.05) is 41.9 Å². The number of amides is 1. The van der Waals surface area contributed by atoms with Crippen molar-refractivity contribution in [1.29, 1.82) is 0 Å². The smallest absolute Gasteiger partial charge is 0.347 e. The van der Waals surface area contributed by atoms with Crippen LogP contribution in [0.3, 0.4) is 0 Å². The normalized spacial score (nSPS) is 11.4. The molecule has 1 N–H and O–H groups in total. The van der Waals surface area contributed by atoms with E-state index in [2.05, 4.69) is 10.3 Å². The third-order valence-electron chi connectivity index (χ3n) is 5.77. The molecule has 9 heteroatoms. The number of aromatic nitrogens is 1. The van der Waals surface area contributed by atoms with Crippen molar-refractivity contribution >= 4 is 11.9 Å². The lowest BCUT2D eigenvalue weighted by Gasteiger charge is -2.18. The van der Waals surface area contributed by atoms with Gasteiger partial charge in [-0.05, 0) is 48.9 Å². The molecule has 1 amide bonds. The van der Waals surface area contributed by atoms with Crippen LogP contribution in [-0.2, 0) is 16.0 Å². The zero-order valence-corrected chi connectivity index (χ0v) is 21.8. The number of nitrogens with zero attached hydrogens (tertiary/aromatic N) is 1. The molecule has 40 heavy (non-hydrogen) atoms. The quantitative estimate of drug-likeness (QED) is 0.190. The van der Waals surface area contributed by atoms with Gasteiger partial charge < -0.3 is 19.5 Å². The SMILES string of the molecule is CCOC(=O)C(Cc1ccc(OCCNC(=O)c2ccc(-c3ccccn3)cc2)cc1)Oc1cc(F)cc(F)c1. The maximum absolute atomic E-state index is 13.6. The Kier molecular flexibility index (Phi) is 9.77. The minimum Gasteiger partial charge on any atom is -0.492 e. The van der Waals surface area contributed by atoms with Crippen LogP contribution in [0.25, 0.3) is 11.3 Å². The van der Waals surface area contributed by atoms with Crippen molar-refractivity contribution in [3.05, 3.63) is 114 Å². The fourth-order valence-corrected chi connectivity index (χ4v) is 3.87. The number of halogens is 2. The summed E-state index contributed by atoms with van der Waals surface area (Å²) in [4.78, 5) is 29.2. The first-order valence-corrected chi connectivity index (χ1v) is 12.7. The van der Waals surface area contributed by atoms with E-state index in [1.54, 1.807) is 49.5 Å². The van der Waals surface area contributed by atoms with Crippen molar-refractivity contribution in [2.75, 3.05) is 19.8 Å². The summed E-state index contributed by atoms with van der Waals surface area (Å²) in [7, 11) is 0. The van der Waals surface area contributed by atoms with Gasteiger partial charge in [0.1, 0.15) is 29.7 Å². The number of carbonyl (C=O) groups excluding carboxylic acids is 2. The van der Waals surface area contributed by atoms with Crippen molar-refractivity contribution in [1.82, 2.24) is 10.3 Å². The van der Waals surface area contributed by atoms with Crippen molar-refractivity contribution < 1.29 is 32.6 Å². The maximum atomic E-state index is 13.6. The topological polar surface area (TPSA) is 86.8 Å². The summed E-state index contributed by atoms with van der Waals surface area (Å²) in [5.41, 5.74) is 3.01. The Bertz CT molecular complexity index is 1390. The number of pyridine rings is 1. The standard InChI is InChI=1S/C31H28F2N2O5/c1-2-38-31(37)29(40-27-19-24(32)18-25(33)20-27)17-21-6-12-26(13-7-21)39-16-15-35-30(36)23-10-8-22(9-11-23)28-5-3-4-14-34-28/h3-14,18-20,29H,2,15-17H2,1H3,(H,35,36). The summed E-state index contributed by atoms with van der Waals surface area (Å²) in [5, 5.41) is 2.82. The summed E-state index contributed by atoms with van der Waals surface area (Å²) in [5.74, 6) is -2.02. The van der Waals surface area contributed by atoms with Crippen LogP contribution in [0.15, 0.2) is 91.1 Å². The van der Waals surface area contributed by atoms with Crippen LogP contribution >= 0.6 is 0 Å². The van der Waals surface area contributed by atoms with Gasteiger partial charge in [-0.25, -0.2) is 13.6 Å². The minimum atomic E-state index is -1.10. The van der Waals surface area contributed by atoms with E-state index in [4.69, 9.17) is 14.2 Å². The molecule has 1 heterocycles. The second-order valence-corrected chi connectivity index (χ2v) is 8.71. The predicted molar refractivity (Wildman–Crippen MR) is 145 cm³/mol. The van der Waals surface area contributed by atoms with E-state index in [0.29, 0.717) is 17.9 Å². The summed E-state index contributed by atoms with van der Waals surface area (Å²) >= 11 is 0. The molecule has 0 fully saturated rings. The number of rotatable bonds is 12. The molecule has 4 rings (SSSR count). The molecule has 3 aromatic carbocycles. The number of carbonyl (C=O) groups is 2. The first-order chi connectivity index (χ1) is 19.4. The molecule has 0 saturated carbocycles. The number of hydrogen-bond donors (Lipinski definition) is 1. The molecule has 4 aromatic rings. The number of nitrogens with one attached hydrogen (secondary N) is 1. The number of ether oxygens (including phenoxy) is 3. The van der Waals surface area contributed by atoms with Gasteiger partial charge in [0.15, 0.2) is 6.10 Å². The van der Waals surface area contributed by atoms with Gasteiger partial charge in [-0.15, -0.1) is 0 Å². The average Bonchev–Trinajstić information content (AvgIpc) is 2.96. The van der Waals surface area contributed by atoms with E-state index in [9.17, 15) is 18.4 Å². The molecule has 0 radical (unpaired) electrons. The highest BCUT2D eigenvalue weighted by molar-refractivity contribution is 5.94. The zero-order chi connectivity index (χ0) is 28.3. The number of benzene rings is 3. The van der Waals surface area contributed by atoms with E-state index in [1.165, 1.54) is 0 Å². The molecule has 0 aliphatic carbocycles. The lowest BCUT2D eigenvalue weighted by Crippen LogP contribution is -2.31. The van der Waals surface area contributed by atoms with Gasteiger partial charge in [0.25, 0.3) is 5.91 Å². The van der Waals surface area contributed by atoms with Gasteiger partial charge in [0.2, 0.25) is 0 Å². The van der Waals surface area contributed by atoms with Gasteiger partial charge >= 0.3 is 5.97 Å². The lowest BCUT2D eigenvalue weighted by atomic mass is 10.1. The van der Waals surface area contributed by atoms with Gasteiger partial charge in [0.05, 0.1) is 18.8 Å². The summed E-state index contributed by atoms with van der Waals surface area (Å²) in [6, 6.07) is 22.5. The molecule has 0 bridgehead atoms. The third-order valence-corrected chi connectivity index (χ3v) is 5.77. The molecule has 0 aliphatic rings. The van der Waals surface area contributed by atoms with Crippen molar-refractivity contribution in [3.8, 4) is 22.8 Å². The molecule has 1 unspecified atom stereocenters. The van der Waals surface area contributed by atoms with Crippen LogP contribution in [0.2, 0.25) is 0 Å². The van der Waals surface area contributed by atoms with Gasteiger partial charge in [-0.2, -0.15) is 0 Å². The Morgan fingerprint density at radius 2 is 1.62 bits per heavy atom. The largest absolute Gasteiger partial charge is 0.492 e. The highest BCUT2D eigenvalue weighted by Crippen LogP contribution is 2.21. The molecule has 0 aliphatic heterocycles. The van der Waals surface area contributed by atoms with Crippen LogP contribution < -0.4 is 14.8 Å². The average molecular weight is 547 g/mol. The van der Waals surface area contributed by atoms with Gasteiger partial charge in [-0.1, -0.05) is 30.3 Å². The Balaban J connectivity index is 1.26. The Morgan fingerprint density at radius 1 is 0.900 bits per heavy atom. The van der Waals surface area contributed by atoms with E-state index >= 15 is 0 Å². The molecule has 0 spiro atoms. The number of hydrogen-bond acceptors (Lipinski definition) is 6. The second-order valence-electron chi connectivity index (χ2n) is 8.71. The third kappa shape index (κ3) is 8.10. The molecule has 1 atom stereocenters. The molecular formula is C31H28F2N2O5. The highest BCUT2D eigenvalue weighted by atomic mass is 19.1. The molecule has 7 nitrogen and oxygen atoms in total. The van der Waals surface area contributed by atoms with E-state index in [0.717, 1.165) is 35.0 Å². The first kappa shape index (κ1) is 28.2. The minimum absolute atomic E-state index is 0.110. The summed E-state index contributed by atoms with van der Waals surface area (Å²) in [6.45, 7) is 2.34. The highest BCUT2D eigenvalue weighted by Gasteiger charge is 2.23. The van der Waals surface area contributed by atoms with Crippen molar-refractivity contribution in [2.45, 2.75) is 19.4 Å². The van der Waals surface area contributed by atoms with Crippen LogP contribution in [0.4, 0.5) is 8.78 Å². The first-order valence-electron chi connectivity index (χ1n) is 12.7. The Morgan fingerprint density at radius 3 is 2.27 bits per heavy atom. The molecule has 0 saturated heterocycles. The van der Waals surface area contributed by atoms with Crippen LogP contribution in [0, 0.1) is 11.6 Å². The van der Waals surface area contributed by atoms with Crippen LogP contribution in [0.5, 0.6) is 11.5 Å². The van der Waals surface area contributed by atoms with Gasteiger partial charge in [-0.3, -0.25) is 9.78 Å². The molecular weight excluding hydrogens is 518 g/mol. The molecule has 206 valence electrons. The van der Waals surface area contributed by atoms with Crippen molar-refractivity contribution in [2.24, 2.45) is 0 Å². The van der Waals surface area contributed by atoms with E-state index in [-0.39, 0.29) is 31.3 Å².